The fourth-order valence-electron chi connectivity index (χ4n) is 2.31. The maximum Gasteiger partial charge on any atom is 0.238 e. The van der Waals surface area contributed by atoms with Gasteiger partial charge < -0.3 is 0 Å². The van der Waals surface area contributed by atoms with Crippen molar-refractivity contribution in [3.63, 3.8) is 0 Å². The Hall–Kier alpha value is -2.77. The number of H-pyrrole nitrogens is 1. The standard InChI is InChI=1S/C16H13N3O3S/c17-23(21,22)13-8-6-11(7-9-13)15-14(20)10-18-19-16(15)12-4-2-1-3-5-12/h1-10H,(H,19,20)(H2,17,21,22). The van der Waals surface area contributed by atoms with E-state index in [-0.39, 0.29) is 10.3 Å². The first-order valence-corrected chi connectivity index (χ1v) is 8.28. The topological polar surface area (TPSA) is 106 Å². The summed E-state index contributed by atoms with van der Waals surface area (Å²) in [5.41, 5.74) is 2.13. The third kappa shape index (κ3) is 3.05. The van der Waals surface area contributed by atoms with Crippen LogP contribution in [0.1, 0.15) is 0 Å². The minimum atomic E-state index is -3.77. The molecule has 6 nitrogen and oxygen atoms in total. The molecule has 0 saturated heterocycles. The molecule has 3 N–H and O–H groups in total. The van der Waals surface area contributed by atoms with E-state index in [1.807, 2.05) is 30.3 Å². The molecule has 0 bridgehead atoms. The Morgan fingerprint density at radius 3 is 2.17 bits per heavy atom. The summed E-state index contributed by atoms with van der Waals surface area (Å²) >= 11 is 0. The number of nitrogens with one attached hydrogen (secondary N) is 1. The van der Waals surface area contributed by atoms with Crippen LogP contribution in [0.25, 0.3) is 22.4 Å². The predicted octanol–water partition coefficient (Wildman–Crippen LogP) is 1.75. The fourth-order valence-corrected chi connectivity index (χ4v) is 2.83. The average molecular weight is 327 g/mol. The van der Waals surface area contributed by atoms with Crippen LogP contribution in [-0.4, -0.2) is 18.6 Å². The summed E-state index contributed by atoms with van der Waals surface area (Å²) in [7, 11) is -3.77. The van der Waals surface area contributed by atoms with Crippen LogP contribution in [0.3, 0.4) is 0 Å². The molecule has 0 aliphatic carbocycles. The van der Waals surface area contributed by atoms with E-state index in [4.69, 9.17) is 5.14 Å². The van der Waals surface area contributed by atoms with Crippen molar-refractivity contribution in [2.75, 3.05) is 0 Å². The van der Waals surface area contributed by atoms with Crippen molar-refractivity contribution in [1.29, 1.82) is 0 Å². The molecule has 116 valence electrons. The highest BCUT2D eigenvalue weighted by Crippen LogP contribution is 2.27. The van der Waals surface area contributed by atoms with Crippen LogP contribution in [0.2, 0.25) is 0 Å². The number of aromatic nitrogens is 2. The Kier molecular flexibility index (Phi) is 3.81. The number of hydrogen-bond donors (Lipinski definition) is 2. The minimum Gasteiger partial charge on any atom is -0.287 e. The third-order valence-electron chi connectivity index (χ3n) is 3.39. The van der Waals surface area contributed by atoms with Gasteiger partial charge in [0.2, 0.25) is 15.5 Å². The van der Waals surface area contributed by atoms with E-state index in [9.17, 15) is 13.2 Å². The second-order valence-corrected chi connectivity index (χ2v) is 6.48. The highest BCUT2D eigenvalue weighted by molar-refractivity contribution is 7.89. The second kappa shape index (κ2) is 5.79. The van der Waals surface area contributed by atoms with Crippen molar-refractivity contribution in [2.24, 2.45) is 5.14 Å². The van der Waals surface area contributed by atoms with Crippen LogP contribution < -0.4 is 10.6 Å². The normalized spacial score (nSPS) is 11.3. The fraction of sp³-hybridized carbons (Fsp3) is 0. The van der Waals surface area contributed by atoms with Crippen LogP contribution in [0.5, 0.6) is 0 Å². The van der Waals surface area contributed by atoms with Gasteiger partial charge >= 0.3 is 0 Å². The van der Waals surface area contributed by atoms with Crippen LogP contribution in [0.15, 0.2) is 70.5 Å². The van der Waals surface area contributed by atoms with E-state index >= 15 is 0 Å². The van der Waals surface area contributed by atoms with Gasteiger partial charge in [0.1, 0.15) is 0 Å². The number of nitrogens with zero attached hydrogens (tertiary/aromatic N) is 1. The Balaban J connectivity index is 2.19. The number of hydrogen-bond acceptors (Lipinski definition) is 4. The van der Waals surface area contributed by atoms with Gasteiger partial charge in [-0.25, -0.2) is 13.6 Å². The zero-order valence-electron chi connectivity index (χ0n) is 11.9. The maximum absolute atomic E-state index is 12.3. The number of benzene rings is 2. The Bertz CT molecular complexity index is 995. The van der Waals surface area contributed by atoms with Gasteiger partial charge in [-0.3, -0.25) is 9.89 Å². The first-order chi connectivity index (χ1) is 11.0. The first-order valence-electron chi connectivity index (χ1n) is 6.73. The molecule has 3 aromatic rings. The van der Waals surface area contributed by atoms with Crippen LogP contribution in [0.4, 0.5) is 0 Å². The summed E-state index contributed by atoms with van der Waals surface area (Å²) in [6.45, 7) is 0. The summed E-state index contributed by atoms with van der Waals surface area (Å²) in [5.74, 6) is 0. The number of rotatable bonds is 3. The largest absolute Gasteiger partial charge is 0.287 e. The molecule has 7 heteroatoms. The molecule has 0 unspecified atom stereocenters. The lowest BCUT2D eigenvalue weighted by molar-refractivity contribution is 0.598. The van der Waals surface area contributed by atoms with E-state index in [0.29, 0.717) is 16.8 Å². The zero-order valence-corrected chi connectivity index (χ0v) is 12.7. The van der Waals surface area contributed by atoms with E-state index < -0.39 is 10.0 Å². The SMILES string of the molecule is NS(=O)(=O)c1ccc(-c2c(-c3ccccc3)[nH]ncc2=O)cc1. The van der Waals surface area contributed by atoms with Gasteiger partial charge in [-0.1, -0.05) is 42.5 Å². The van der Waals surface area contributed by atoms with E-state index in [2.05, 4.69) is 10.2 Å². The van der Waals surface area contributed by atoms with Gasteiger partial charge in [0.05, 0.1) is 22.3 Å². The highest BCUT2D eigenvalue weighted by Gasteiger charge is 2.14. The lowest BCUT2D eigenvalue weighted by atomic mass is 10.00. The molecule has 0 spiro atoms. The zero-order chi connectivity index (χ0) is 16.4. The summed E-state index contributed by atoms with van der Waals surface area (Å²) in [6.07, 6.45) is 1.19. The highest BCUT2D eigenvalue weighted by atomic mass is 32.2. The van der Waals surface area contributed by atoms with Gasteiger partial charge in [0, 0.05) is 5.56 Å². The quantitative estimate of drug-likeness (QED) is 0.764. The Morgan fingerprint density at radius 2 is 1.57 bits per heavy atom. The monoisotopic (exact) mass is 327 g/mol. The van der Waals surface area contributed by atoms with Crippen molar-refractivity contribution in [3.05, 3.63) is 71.0 Å². The van der Waals surface area contributed by atoms with Crippen molar-refractivity contribution in [3.8, 4) is 22.4 Å². The molecular formula is C16H13N3O3S. The Morgan fingerprint density at radius 1 is 0.913 bits per heavy atom. The molecule has 0 atom stereocenters. The molecule has 0 fully saturated rings. The molecule has 0 aliphatic heterocycles. The number of nitrogens with two attached hydrogens (primary N) is 1. The molecule has 3 rings (SSSR count). The molecule has 0 radical (unpaired) electrons. The van der Waals surface area contributed by atoms with Crippen molar-refractivity contribution < 1.29 is 8.42 Å². The lowest BCUT2D eigenvalue weighted by Gasteiger charge is -2.09. The van der Waals surface area contributed by atoms with Gasteiger partial charge in [0.25, 0.3) is 0 Å². The smallest absolute Gasteiger partial charge is 0.238 e. The summed E-state index contributed by atoms with van der Waals surface area (Å²) in [4.78, 5) is 12.3. The second-order valence-electron chi connectivity index (χ2n) is 4.92. The van der Waals surface area contributed by atoms with E-state index in [0.717, 1.165) is 5.56 Å². The Labute approximate surface area is 132 Å². The molecule has 0 amide bonds. The number of sulfonamides is 1. The first kappa shape index (κ1) is 15.1. The predicted molar refractivity (Wildman–Crippen MR) is 87.1 cm³/mol. The molecule has 0 aliphatic rings. The minimum absolute atomic E-state index is 0.00649. The van der Waals surface area contributed by atoms with Crippen LogP contribution >= 0.6 is 0 Å². The lowest BCUT2D eigenvalue weighted by Crippen LogP contribution is -2.12. The summed E-state index contributed by atoms with van der Waals surface area (Å²) < 4.78 is 22.7. The molecular weight excluding hydrogens is 314 g/mol. The average Bonchev–Trinajstić information content (AvgIpc) is 2.55. The molecule has 1 aromatic heterocycles. The summed E-state index contributed by atoms with van der Waals surface area (Å²) in [6, 6.07) is 15.2. The van der Waals surface area contributed by atoms with Gasteiger partial charge in [-0.05, 0) is 17.7 Å². The van der Waals surface area contributed by atoms with E-state index in [1.54, 1.807) is 12.1 Å². The van der Waals surface area contributed by atoms with Gasteiger partial charge in [-0.2, -0.15) is 5.10 Å². The van der Waals surface area contributed by atoms with E-state index in [1.165, 1.54) is 18.3 Å². The molecule has 2 aromatic carbocycles. The number of primary sulfonamides is 1. The third-order valence-corrected chi connectivity index (χ3v) is 4.32. The van der Waals surface area contributed by atoms with Crippen LogP contribution in [0, 0.1) is 0 Å². The molecule has 23 heavy (non-hydrogen) atoms. The van der Waals surface area contributed by atoms with Crippen LogP contribution in [-0.2, 0) is 10.0 Å². The maximum atomic E-state index is 12.3. The van der Waals surface area contributed by atoms with Gasteiger partial charge in [0.15, 0.2) is 0 Å². The summed E-state index contributed by atoms with van der Waals surface area (Å²) in [5, 5.41) is 11.8. The number of aromatic amines is 1. The molecule has 1 heterocycles. The van der Waals surface area contributed by atoms with Crippen molar-refractivity contribution >= 4 is 10.0 Å². The van der Waals surface area contributed by atoms with Crippen molar-refractivity contribution in [2.45, 2.75) is 4.90 Å². The van der Waals surface area contributed by atoms with Gasteiger partial charge in [-0.15, -0.1) is 0 Å². The molecule has 0 saturated carbocycles. The van der Waals surface area contributed by atoms with Crippen molar-refractivity contribution in [1.82, 2.24) is 10.2 Å².